The van der Waals surface area contributed by atoms with Gasteiger partial charge in [0.05, 0.1) is 19.2 Å². The van der Waals surface area contributed by atoms with Crippen LogP contribution in [0.5, 0.6) is 11.5 Å². The van der Waals surface area contributed by atoms with Gasteiger partial charge in [-0.1, -0.05) is 11.6 Å². The van der Waals surface area contributed by atoms with E-state index in [-0.39, 0.29) is 0 Å². The molecule has 1 rings (SSSR count). The largest absolute Gasteiger partial charge is 0.493 e. The van der Waals surface area contributed by atoms with Gasteiger partial charge in [0.2, 0.25) is 0 Å². The van der Waals surface area contributed by atoms with Crippen molar-refractivity contribution >= 4 is 23.6 Å². The molecule has 0 radical (unpaired) electrons. The third-order valence-corrected chi connectivity index (χ3v) is 2.46. The lowest BCUT2D eigenvalue weighted by atomic mass is 10.2. The number of carbonyl (C=O) groups excluding carboxylic acids is 1. The van der Waals surface area contributed by atoms with Crippen molar-refractivity contribution in [2.75, 3.05) is 14.2 Å². The summed E-state index contributed by atoms with van der Waals surface area (Å²) in [6.45, 7) is 0. The van der Waals surface area contributed by atoms with Gasteiger partial charge in [0.1, 0.15) is 0 Å². The number of hydrazine groups is 1. The average Bonchev–Trinajstić information content (AvgIpc) is 2.36. The minimum Gasteiger partial charge on any atom is -0.493 e. The predicted molar refractivity (Wildman–Crippen MR) is 65.9 cm³/mol. The summed E-state index contributed by atoms with van der Waals surface area (Å²) in [6, 6.07) is 3.41. The number of hydrogen-bond donors (Lipinski definition) is 2. The van der Waals surface area contributed by atoms with Gasteiger partial charge in [0.15, 0.2) is 11.5 Å². The van der Waals surface area contributed by atoms with Crippen LogP contribution in [0, 0.1) is 0 Å². The molecule has 3 N–H and O–H groups in total. The summed E-state index contributed by atoms with van der Waals surface area (Å²) >= 11 is 6.10. The fourth-order valence-electron chi connectivity index (χ4n) is 1.25. The lowest BCUT2D eigenvalue weighted by Crippen LogP contribution is -2.27. The van der Waals surface area contributed by atoms with Crippen molar-refractivity contribution in [1.29, 1.82) is 0 Å². The summed E-state index contributed by atoms with van der Waals surface area (Å²) in [5.41, 5.74) is 2.61. The SMILES string of the molecule is COc1ccc(/C=C/C(=O)NN)c(Cl)c1OC. The third kappa shape index (κ3) is 3.12. The molecule has 0 saturated carbocycles. The van der Waals surface area contributed by atoms with Crippen LogP contribution in [-0.2, 0) is 4.79 Å². The van der Waals surface area contributed by atoms with Gasteiger partial charge >= 0.3 is 0 Å². The lowest BCUT2D eigenvalue weighted by molar-refractivity contribution is -0.116. The smallest absolute Gasteiger partial charge is 0.257 e. The first-order chi connectivity index (χ1) is 8.13. The minimum atomic E-state index is -0.421. The van der Waals surface area contributed by atoms with E-state index in [2.05, 4.69) is 0 Å². The van der Waals surface area contributed by atoms with Crippen molar-refractivity contribution in [2.45, 2.75) is 0 Å². The number of methoxy groups -OCH3 is 2. The summed E-state index contributed by atoms with van der Waals surface area (Å²) in [5.74, 6) is 5.47. The zero-order chi connectivity index (χ0) is 12.8. The van der Waals surface area contributed by atoms with Crippen LogP contribution in [0.4, 0.5) is 0 Å². The van der Waals surface area contributed by atoms with E-state index in [4.69, 9.17) is 26.9 Å². The second-order valence-electron chi connectivity index (χ2n) is 3.05. The van der Waals surface area contributed by atoms with Crippen LogP contribution in [0.3, 0.4) is 0 Å². The lowest BCUT2D eigenvalue weighted by Gasteiger charge is -2.10. The number of rotatable bonds is 4. The van der Waals surface area contributed by atoms with Gasteiger partial charge < -0.3 is 9.47 Å². The van der Waals surface area contributed by atoms with E-state index in [0.29, 0.717) is 22.1 Å². The van der Waals surface area contributed by atoms with Crippen molar-refractivity contribution in [3.05, 3.63) is 28.8 Å². The van der Waals surface area contributed by atoms with Crippen LogP contribution in [0.1, 0.15) is 5.56 Å². The molecule has 0 aromatic heterocycles. The Labute approximate surface area is 104 Å². The molecule has 6 heteroatoms. The number of hydrogen-bond acceptors (Lipinski definition) is 4. The molecule has 0 spiro atoms. The Kier molecular flexibility index (Phi) is 4.81. The Bertz CT molecular complexity index is 447. The molecule has 1 aromatic rings. The summed E-state index contributed by atoms with van der Waals surface area (Å²) in [7, 11) is 3.01. The highest BCUT2D eigenvalue weighted by atomic mass is 35.5. The number of benzene rings is 1. The van der Waals surface area contributed by atoms with Crippen LogP contribution in [0.25, 0.3) is 6.08 Å². The fraction of sp³-hybridized carbons (Fsp3) is 0.182. The van der Waals surface area contributed by atoms with Gasteiger partial charge in [-0.15, -0.1) is 0 Å². The van der Waals surface area contributed by atoms with Crippen LogP contribution >= 0.6 is 11.6 Å². The van der Waals surface area contributed by atoms with Gasteiger partial charge in [-0.2, -0.15) is 0 Å². The minimum absolute atomic E-state index is 0.368. The molecule has 0 fully saturated rings. The Balaban J connectivity index is 3.11. The Hall–Kier alpha value is -1.72. The maximum Gasteiger partial charge on any atom is 0.257 e. The molecule has 0 aliphatic carbocycles. The number of halogens is 1. The molecule has 5 nitrogen and oxygen atoms in total. The van der Waals surface area contributed by atoms with Gasteiger partial charge in [-0.25, -0.2) is 5.84 Å². The Morgan fingerprint density at radius 2 is 2.12 bits per heavy atom. The van der Waals surface area contributed by atoms with E-state index in [9.17, 15) is 4.79 Å². The number of nitrogens with one attached hydrogen (secondary N) is 1. The molecule has 92 valence electrons. The molecule has 17 heavy (non-hydrogen) atoms. The quantitative estimate of drug-likeness (QED) is 0.369. The molecule has 0 aliphatic rings. The monoisotopic (exact) mass is 256 g/mol. The summed E-state index contributed by atoms with van der Waals surface area (Å²) in [6.07, 6.45) is 2.81. The summed E-state index contributed by atoms with van der Waals surface area (Å²) in [5, 5.41) is 0.368. The van der Waals surface area contributed by atoms with Gasteiger partial charge in [-0.05, 0) is 23.8 Å². The molecule has 0 atom stereocenters. The highest BCUT2D eigenvalue weighted by molar-refractivity contribution is 6.33. The van der Waals surface area contributed by atoms with Crippen molar-refractivity contribution in [2.24, 2.45) is 5.84 Å². The van der Waals surface area contributed by atoms with E-state index in [1.807, 2.05) is 5.43 Å². The fourth-order valence-corrected chi connectivity index (χ4v) is 1.54. The van der Waals surface area contributed by atoms with E-state index >= 15 is 0 Å². The topological polar surface area (TPSA) is 73.6 Å². The zero-order valence-electron chi connectivity index (χ0n) is 9.49. The maximum absolute atomic E-state index is 11.0. The van der Waals surface area contributed by atoms with Crippen LogP contribution < -0.4 is 20.7 Å². The summed E-state index contributed by atoms with van der Waals surface area (Å²) in [4.78, 5) is 11.0. The summed E-state index contributed by atoms with van der Waals surface area (Å²) < 4.78 is 10.2. The molecule has 0 aliphatic heterocycles. The zero-order valence-corrected chi connectivity index (χ0v) is 10.2. The average molecular weight is 257 g/mol. The molecule has 1 aromatic carbocycles. The predicted octanol–water partition coefficient (Wildman–Crippen LogP) is 1.36. The molecular weight excluding hydrogens is 244 g/mol. The molecular formula is C11H13ClN2O3. The number of carbonyl (C=O) groups is 1. The van der Waals surface area contributed by atoms with Crippen molar-refractivity contribution in [1.82, 2.24) is 5.43 Å². The second-order valence-corrected chi connectivity index (χ2v) is 3.42. The molecule has 0 heterocycles. The van der Waals surface area contributed by atoms with Crippen molar-refractivity contribution < 1.29 is 14.3 Å². The normalized spacial score (nSPS) is 10.4. The standard InChI is InChI=1S/C11H13ClN2O3/c1-16-8-5-3-7(4-6-9(15)14-13)10(12)11(8)17-2/h3-6H,13H2,1-2H3,(H,14,15)/b6-4+. The number of ether oxygens (including phenoxy) is 2. The number of nitrogens with two attached hydrogens (primary N) is 1. The Morgan fingerprint density at radius 1 is 1.41 bits per heavy atom. The van der Waals surface area contributed by atoms with Crippen molar-refractivity contribution in [3.8, 4) is 11.5 Å². The Morgan fingerprint density at radius 3 is 2.65 bits per heavy atom. The second kappa shape index (κ2) is 6.12. The highest BCUT2D eigenvalue weighted by Crippen LogP contribution is 2.37. The molecule has 0 saturated heterocycles. The molecule has 0 bridgehead atoms. The first-order valence-corrected chi connectivity index (χ1v) is 5.11. The van der Waals surface area contributed by atoms with Crippen LogP contribution in [-0.4, -0.2) is 20.1 Å². The van der Waals surface area contributed by atoms with Gasteiger partial charge in [0.25, 0.3) is 5.91 Å². The molecule has 0 unspecified atom stereocenters. The van der Waals surface area contributed by atoms with E-state index in [1.54, 1.807) is 12.1 Å². The van der Waals surface area contributed by atoms with Gasteiger partial charge in [0, 0.05) is 6.08 Å². The van der Waals surface area contributed by atoms with Gasteiger partial charge in [-0.3, -0.25) is 10.2 Å². The highest BCUT2D eigenvalue weighted by Gasteiger charge is 2.11. The third-order valence-electron chi connectivity index (χ3n) is 2.07. The first kappa shape index (κ1) is 13.3. The molecule has 1 amide bonds. The first-order valence-electron chi connectivity index (χ1n) is 4.73. The van der Waals surface area contributed by atoms with E-state index < -0.39 is 5.91 Å². The van der Waals surface area contributed by atoms with Crippen molar-refractivity contribution in [3.63, 3.8) is 0 Å². The van der Waals surface area contributed by atoms with E-state index in [1.165, 1.54) is 26.4 Å². The maximum atomic E-state index is 11.0. The number of amides is 1. The van der Waals surface area contributed by atoms with Crippen LogP contribution in [0.2, 0.25) is 5.02 Å². The van der Waals surface area contributed by atoms with Crippen LogP contribution in [0.15, 0.2) is 18.2 Å². The van der Waals surface area contributed by atoms with E-state index in [0.717, 1.165) is 0 Å².